The van der Waals surface area contributed by atoms with E-state index in [1.165, 1.54) is 17.4 Å². The lowest BCUT2D eigenvalue weighted by molar-refractivity contribution is -0.0498. The standard InChI is InChI=1S/C13H12BrClF2N2OS/c1-6(11-5-21-7(2)19-11)18-10-4-8(15)3-9(14)12(10)20-13(16)17/h3-6,13,18H,1-2H3. The maximum atomic E-state index is 12.5. The Balaban J connectivity index is 2.29. The van der Waals surface area contributed by atoms with Gasteiger partial charge in [0.15, 0.2) is 5.75 Å². The van der Waals surface area contributed by atoms with Gasteiger partial charge in [0.05, 0.1) is 26.9 Å². The summed E-state index contributed by atoms with van der Waals surface area (Å²) in [5, 5.41) is 6.37. The van der Waals surface area contributed by atoms with Crippen molar-refractivity contribution in [1.29, 1.82) is 0 Å². The molecule has 114 valence electrons. The van der Waals surface area contributed by atoms with Crippen LogP contribution in [0.5, 0.6) is 5.75 Å². The van der Waals surface area contributed by atoms with E-state index >= 15 is 0 Å². The molecule has 8 heteroatoms. The van der Waals surface area contributed by atoms with Gasteiger partial charge in [0.2, 0.25) is 0 Å². The molecule has 2 aromatic rings. The second-order valence-electron chi connectivity index (χ2n) is 4.30. The van der Waals surface area contributed by atoms with Crippen LogP contribution >= 0.6 is 38.9 Å². The zero-order chi connectivity index (χ0) is 15.6. The first kappa shape index (κ1) is 16.5. The molecular weight excluding hydrogens is 386 g/mol. The number of anilines is 1. The van der Waals surface area contributed by atoms with Crippen molar-refractivity contribution in [2.24, 2.45) is 0 Å². The number of nitrogens with zero attached hydrogens (tertiary/aromatic N) is 1. The van der Waals surface area contributed by atoms with E-state index in [0.717, 1.165) is 10.7 Å². The number of hydrogen-bond donors (Lipinski definition) is 1. The van der Waals surface area contributed by atoms with Crippen LogP contribution in [0.1, 0.15) is 23.7 Å². The number of nitrogens with one attached hydrogen (secondary N) is 1. The molecule has 3 nitrogen and oxygen atoms in total. The van der Waals surface area contributed by atoms with Crippen molar-refractivity contribution >= 4 is 44.6 Å². The van der Waals surface area contributed by atoms with Crippen LogP contribution in [-0.2, 0) is 0 Å². The van der Waals surface area contributed by atoms with Gasteiger partial charge in [-0.3, -0.25) is 0 Å². The van der Waals surface area contributed by atoms with Crippen LogP contribution in [0.2, 0.25) is 5.02 Å². The van der Waals surface area contributed by atoms with E-state index < -0.39 is 6.61 Å². The summed E-state index contributed by atoms with van der Waals surface area (Å²) < 4.78 is 30.0. The second kappa shape index (κ2) is 6.89. The molecule has 1 atom stereocenters. The van der Waals surface area contributed by atoms with Gasteiger partial charge < -0.3 is 10.1 Å². The Bertz CT molecular complexity index is 639. The lowest BCUT2D eigenvalue weighted by Gasteiger charge is -2.18. The molecule has 0 radical (unpaired) electrons. The smallest absolute Gasteiger partial charge is 0.387 e. The molecule has 0 saturated carbocycles. The zero-order valence-electron chi connectivity index (χ0n) is 11.2. The normalized spacial score (nSPS) is 12.5. The first-order valence-corrected chi connectivity index (χ1v) is 8.04. The molecule has 0 aliphatic rings. The van der Waals surface area contributed by atoms with Gasteiger partial charge in [-0.05, 0) is 41.9 Å². The molecule has 0 aliphatic carbocycles. The number of thiazole rings is 1. The first-order chi connectivity index (χ1) is 9.86. The summed E-state index contributed by atoms with van der Waals surface area (Å²) in [7, 11) is 0. The first-order valence-electron chi connectivity index (χ1n) is 5.99. The van der Waals surface area contributed by atoms with Crippen molar-refractivity contribution in [1.82, 2.24) is 4.98 Å². The van der Waals surface area contributed by atoms with E-state index in [1.54, 1.807) is 6.07 Å². The molecule has 0 saturated heterocycles. The summed E-state index contributed by atoms with van der Waals surface area (Å²) >= 11 is 10.7. The molecule has 2 rings (SSSR count). The molecule has 0 bridgehead atoms. The number of aromatic nitrogens is 1. The molecule has 0 fully saturated rings. The largest absolute Gasteiger partial charge is 0.431 e. The second-order valence-corrected chi connectivity index (χ2v) is 6.65. The van der Waals surface area contributed by atoms with Crippen LogP contribution < -0.4 is 10.1 Å². The maximum absolute atomic E-state index is 12.5. The highest BCUT2D eigenvalue weighted by atomic mass is 79.9. The molecule has 1 heterocycles. The van der Waals surface area contributed by atoms with Crippen LogP contribution in [0.3, 0.4) is 0 Å². The topological polar surface area (TPSA) is 34.2 Å². The van der Waals surface area contributed by atoms with Crippen LogP contribution in [0.25, 0.3) is 0 Å². The Morgan fingerprint density at radius 2 is 2.14 bits per heavy atom. The Hall–Kier alpha value is -0.920. The number of aryl methyl sites for hydroxylation is 1. The van der Waals surface area contributed by atoms with Crippen molar-refractivity contribution in [3.63, 3.8) is 0 Å². The number of benzene rings is 1. The number of ether oxygens (including phenoxy) is 1. The molecule has 0 amide bonds. The number of alkyl halides is 2. The minimum Gasteiger partial charge on any atom is -0.431 e. The van der Waals surface area contributed by atoms with Crippen molar-refractivity contribution in [2.45, 2.75) is 26.5 Å². The van der Waals surface area contributed by atoms with Crippen LogP contribution in [0.15, 0.2) is 22.0 Å². The number of hydrogen-bond acceptors (Lipinski definition) is 4. The van der Waals surface area contributed by atoms with Crippen molar-refractivity contribution in [2.75, 3.05) is 5.32 Å². The summed E-state index contributed by atoms with van der Waals surface area (Å²) in [6, 6.07) is 2.88. The Kier molecular flexibility index (Phi) is 5.40. The minimum atomic E-state index is -2.92. The average Bonchev–Trinajstić information content (AvgIpc) is 2.80. The van der Waals surface area contributed by atoms with Gasteiger partial charge in [-0.25, -0.2) is 4.98 Å². The minimum absolute atomic E-state index is 0.0215. The van der Waals surface area contributed by atoms with Gasteiger partial charge in [-0.2, -0.15) is 8.78 Å². The maximum Gasteiger partial charge on any atom is 0.387 e. The van der Waals surface area contributed by atoms with E-state index in [2.05, 4.69) is 31.0 Å². The highest BCUT2D eigenvalue weighted by Crippen LogP contribution is 2.39. The van der Waals surface area contributed by atoms with Gasteiger partial charge in [0, 0.05) is 10.4 Å². The van der Waals surface area contributed by atoms with Gasteiger partial charge in [-0.15, -0.1) is 11.3 Å². The fourth-order valence-corrected chi connectivity index (χ4v) is 3.37. The summed E-state index contributed by atoms with van der Waals surface area (Å²) in [6.07, 6.45) is 0. The average molecular weight is 398 g/mol. The lowest BCUT2D eigenvalue weighted by atomic mass is 10.2. The van der Waals surface area contributed by atoms with Crippen LogP contribution in [-0.4, -0.2) is 11.6 Å². The third-order valence-corrected chi connectivity index (χ3v) is 4.27. The Morgan fingerprint density at radius 1 is 1.43 bits per heavy atom. The number of halogens is 4. The fourth-order valence-electron chi connectivity index (χ4n) is 1.76. The van der Waals surface area contributed by atoms with Crippen molar-refractivity contribution < 1.29 is 13.5 Å². The van der Waals surface area contributed by atoms with Crippen LogP contribution in [0.4, 0.5) is 14.5 Å². The number of rotatable bonds is 5. The fraction of sp³-hybridized carbons (Fsp3) is 0.308. The van der Waals surface area contributed by atoms with Crippen molar-refractivity contribution in [3.8, 4) is 5.75 Å². The van der Waals surface area contributed by atoms with Crippen molar-refractivity contribution in [3.05, 3.63) is 37.7 Å². The molecule has 1 aromatic heterocycles. The third-order valence-electron chi connectivity index (χ3n) is 2.67. The van der Waals surface area contributed by atoms with E-state index in [4.69, 9.17) is 11.6 Å². The van der Waals surface area contributed by atoms with E-state index in [0.29, 0.717) is 15.2 Å². The summed E-state index contributed by atoms with van der Waals surface area (Å²) in [5.41, 5.74) is 1.21. The molecule has 1 aromatic carbocycles. The highest BCUT2D eigenvalue weighted by Gasteiger charge is 2.17. The highest BCUT2D eigenvalue weighted by molar-refractivity contribution is 9.10. The molecular formula is C13H12BrClF2N2OS. The molecule has 1 N–H and O–H groups in total. The monoisotopic (exact) mass is 396 g/mol. The lowest BCUT2D eigenvalue weighted by Crippen LogP contribution is -2.11. The predicted molar refractivity (Wildman–Crippen MR) is 84.7 cm³/mol. The Labute approximate surface area is 138 Å². The molecule has 0 spiro atoms. The quantitative estimate of drug-likeness (QED) is 0.709. The predicted octanol–water partition coefficient (Wildman–Crippen LogP) is 5.64. The SMILES string of the molecule is Cc1nc(C(C)Nc2cc(Cl)cc(Br)c2OC(F)F)cs1. The molecule has 1 unspecified atom stereocenters. The van der Waals surface area contributed by atoms with Gasteiger partial charge in [0.1, 0.15) is 0 Å². The molecule has 21 heavy (non-hydrogen) atoms. The molecule has 0 aliphatic heterocycles. The van der Waals surface area contributed by atoms with Crippen LogP contribution in [0, 0.1) is 6.92 Å². The third kappa shape index (κ3) is 4.28. The zero-order valence-corrected chi connectivity index (χ0v) is 14.3. The Morgan fingerprint density at radius 3 is 2.71 bits per heavy atom. The van der Waals surface area contributed by atoms with E-state index in [9.17, 15) is 8.78 Å². The van der Waals surface area contributed by atoms with Gasteiger partial charge in [0.25, 0.3) is 0 Å². The van der Waals surface area contributed by atoms with E-state index in [-0.39, 0.29) is 11.8 Å². The van der Waals surface area contributed by atoms with E-state index in [1.807, 2.05) is 19.2 Å². The summed E-state index contributed by atoms with van der Waals surface area (Å²) in [4.78, 5) is 4.36. The summed E-state index contributed by atoms with van der Waals surface area (Å²) in [6.45, 7) is 0.873. The summed E-state index contributed by atoms with van der Waals surface area (Å²) in [5.74, 6) is 0.0215. The van der Waals surface area contributed by atoms with Gasteiger partial charge in [-0.1, -0.05) is 11.6 Å². The van der Waals surface area contributed by atoms with Gasteiger partial charge >= 0.3 is 6.61 Å².